The van der Waals surface area contributed by atoms with E-state index in [4.69, 9.17) is 25.8 Å². The zero-order valence-corrected chi connectivity index (χ0v) is 19.8. The number of amides is 2. The standard InChI is InChI=1S/C26H29ClN2O5/c27-21-6-3-18(4-7-21)25(31)29-11-1-2-19(15-29)24(30)28-16-26(9-12-32-13-10-26)20-5-8-22-23(14-20)34-17-33-22/h3-8,14,19H,1-2,9-13,15-17H2,(H,28,30). The number of hydrogen-bond acceptors (Lipinski definition) is 5. The van der Waals surface area contributed by atoms with E-state index < -0.39 is 0 Å². The first-order valence-electron chi connectivity index (χ1n) is 11.8. The summed E-state index contributed by atoms with van der Waals surface area (Å²) in [6, 6.07) is 12.9. The van der Waals surface area contributed by atoms with Crippen molar-refractivity contribution in [1.82, 2.24) is 10.2 Å². The SMILES string of the molecule is O=C(NCC1(c2ccc3c(c2)OCO3)CCOCC1)C1CCCN(C(=O)c2ccc(Cl)cc2)C1. The lowest BCUT2D eigenvalue weighted by atomic mass is 9.74. The summed E-state index contributed by atoms with van der Waals surface area (Å²) in [5.41, 5.74) is 1.50. The molecule has 34 heavy (non-hydrogen) atoms. The molecule has 0 radical (unpaired) electrons. The Balaban J connectivity index is 1.25. The molecule has 0 aliphatic carbocycles. The van der Waals surface area contributed by atoms with Gasteiger partial charge in [0, 0.05) is 48.8 Å². The monoisotopic (exact) mass is 484 g/mol. The molecule has 3 heterocycles. The summed E-state index contributed by atoms with van der Waals surface area (Å²) in [5, 5.41) is 3.81. The molecule has 2 amide bonds. The van der Waals surface area contributed by atoms with Crippen LogP contribution in [0.15, 0.2) is 42.5 Å². The number of benzene rings is 2. The van der Waals surface area contributed by atoms with E-state index in [1.807, 2.05) is 12.1 Å². The van der Waals surface area contributed by atoms with Crippen LogP contribution in [0.2, 0.25) is 5.02 Å². The molecule has 2 aromatic carbocycles. The smallest absolute Gasteiger partial charge is 0.253 e. The van der Waals surface area contributed by atoms with Gasteiger partial charge in [-0.2, -0.15) is 0 Å². The number of carbonyl (C=O) groups is 2. The molecule has 180 valence electrons. The second kappa shape index (κ2) is 9.84. The molecule has 8 heteroatoms. The van der Waals surface area contributed by atoms with Gasteiger partial charge in [-0.3, -0.25) is 9.59 Å². The molecule has 1 unspecified atom stereocenters. The Bertz CT molecular complexity index is 1050. The van der Waals surface area contributed by atoms with Crippen molar-refractivity contribution < 1.29 is 23.8 Å². The van der Waals surface area contributed by atoms with E-state index in [0.717, 1.165) is 42.7 Å². The maximum absolute atomic E-state index is 13.2. The predicted octanol–water partition coefficient (Wildman–Crippen LogP) is 3.79. The Morgan fingerprint density at radius 1 is 1.06 bits per heavy atom. The van der Waals surface area contributed by atoms with Gasteiger partial charge in [0.05, 0.1) is 5.92 Å². The van der Waals surface area contributed by atoms with Gasteiger partial charge in [-0.15, -0.1) is 0 Å². The Labute approximate surface area is 204 Å². The third-order valence-electron chi connectivity index (χ3n) is 7.21. The second-order valence-corrected chi connectivity index (χ2v) is 9.71. The van der Waals surface area contributed by atoms with Crippen molar-refractivity contribution in [3.8, 4) is 11.5 Å². The summed E-state index contributed by atoms with van der Waals surface area (Å²) in [6.45, 7) is 3.14. The lowest BCUT2D eigenvalue weighted by Gasteiger charge is -2.39. The Hall–Kier alpha value is -2.77. The van der Waals surface area contributed by atoms with Crippen LogP contribution in [0.25, 0.3) is 0 Å². The van der Waals surface area contributed by atoms with E-state index in [1.54, 1.807) is 29.2 Å². The van der Waals surface area contributed by atoms with Gasteiger partial charge in [-0.25, -0.2) is 0 Å². The number of nitrogens with zero attached hydrogens (tertiary/aromatic N) is 1. The lowest BCUT2D eigenvalue weighted by molar-refractivity contribution is -0.126. The first kappa shape index (κ1) is 23.0. The van der Waals surface area contributed by atoms with Gasteiger partial charge in [-0.1, -0.05) is 17.7 Å². The first-order valence-corrected chi connectivity index (χ1v) is 12.2. The minimum atomic E-state index is -0.223. The highest BCUT2D eigenvalue weighted by Crippen LogP contribution is 2.40. The zero-order chi connectivity index (χ0) is 23.5. The topological polar surface area (TPSA) is 77.1 Å². The predicted molar refractivity (Wildman–Crippen MR) is 127 cm³/mol. The van der Waals surface area contributed by atoms with Crippen molar-refractivity contribution in [3.05, 3.63) is 58.6 Å². The number of piperidine rings is 1. The van der Waals surface area contributed by atoms with E-state index in [0.29, 0.717) is 43.4 Å². The lowest BCUT2D eigenvalue weighted by Crippen LogP contribution is -2.49. The first-order chi connectivity index (χ1) is 16.5. The molecule has 7 nitrogen and oxygen atoms in total. The van der Waals surface area contributed by atoms with Gasteiger partial charge in [0.15, 0.2) is 11.5 Å². The zero-order valence-electron chi connectivity index (χ0n) is 19.1. The van der Waals surface area contributed by atoms with E-state index >= 15 is 0 Å². The number of likely N-dealkylation sites (tertiary alicyclic amines) is 1. The fourth-order valence-corrected chi connectivity index (χ4v) is 5.23. The van der Waals surface area contributed by atoms with Gasteiger partial charge in [0.2, 0.25) is 12.7 Å². The van der Waals surface area contributed by atoms with E-state index in [-0.39, 0.29) is 29.9 Å². The van der Waals surface area contributed by atoms with Crippen LogP contribution >= 0.6 is 11.6 Å². The summed E-state index contributed by atoms with van der Waals surface area (Å²) in [5.74, 6) is 1.22. The van der Waals surface area contributed by atoms with Gasteiger partial charge >= 0.3 is 0 Å². The Morgan fingerprint density at radius 2 is 1.82 bits per heavy atom. The van der Waals surface area contributed by atoms with Crippen molar-refractivity contribution in [2.45, 2.75) is 31.1 Å². The maximum Gasteiger partial charge on any atom is 0.253 e. The molecule has 5 rings (SSSR count). The molecule has 0 bridgehead atoms. The number of rotatable bonds is 5. The number of nitrogens with one attached hydrogen (secondary N) is 1. The molecular formula is C26H29ClN2O5. The molecule has 1 N–H and O–H groups in total. The second-order valence-electron chi connectivity index (χ2n) is 9.28. The quantitative estimate of drug-likeness (QED) is 0.698. The van der Waals surface area contributed by atoms with Crippen molar-refractivity contribution in [2.24, 2.45) is 5.92 Å². The maximum atomic E-state index is 13.2. The third kappa shape index (κ3) is 4.72. The molecular weight excluding hydrogens is 456 g/mol. The largest absolute Gasteiger partial charge is 0.454 e. The molecule has 3 aliphatic rings. The number of hydrogen-bond donors (Lipinski definition) is 1. The van der Waals surface area contributed by atoms with Gasteiger partial charge < -0.3 is 24.4 Å². The summed E-state index contributed by atoms with van der Waals surface area (Å²) in [6.07, 6.45) is 3.21. The molecule has 0 spiro atoms. The van der Waals surface area contributed by atoms with E-state index in [1.165, 1.54) is 0 Å². The summed E-state index contributed by atoms with van der Waals surface area (Å²) < 4.78 is 16.7. The number of carbonyl (C=O) groups excluding carboxylic acids is 2. The summed E-state index contributed by atoms with van der Waals surface area (Å²) in [4.78, 5) is 27.9. The van der Waals surface area contributed by atoms with E-state index in [9.17, 15) is 9.59 Å². The van der Waals surface area contributed by atoms with Gasteiger partial charge in [-0.05, 0) is 67.6 Å². The fourth-order valence-electron chi connectivity index (χ4n) is 5.11. The van der Waals surface area contributed by atoms with Crippen LogP contribution in [0.1, 0.15) is 41.6 Å². The fraction of sp³-hybridized carbons (Fsp3) is 0.462. The van der Waals surface area contributed by atoms with Crippen LogP contribution in [0, 0.1) is 5.92 Å². The van der Waals surface area contributed by atoms with Crippen LogP contribution in [0.3, 0.4) is 0 Å². The third-order valence-corrected chi connectivity index (χ3v) is 7.46. The Kier molecular flexibility index (Phi) is 6.66. The summed E-state index contributed by atoms with van der Waals surface area (Å²) >= 11 is 5.95. The molecule has 0 aromatic heterocycles. The molecule has 1 atom stereocenters. The highest BCUT2D eigenvalue weighted by atomic mass is 35.5. The molecule has 0 saturated carbocycles. The normalized spacial score (nSPS) is 21.2. The minimum Gasteiger partial charge on any atom is -0.454 e. The van der Waals surface area contributed by atoms with Crippen molar-refractivity contribution in [3.63, 3.8) is 0 Å². The number of fused-ring (bicyclic) bond motifs is 1. The number of halogens is 1. The minimum absolute atomic E-state index is 0.000200. The van der Waals surface area contributed by atoms with Crippen LogP contribution < -0.4 is 14.8 Å². The van der Waals surface area contributed by atoms with Crippen LogP contribution in [0.5, 0.6) is 11.5 Å². The molecule has 2 saturated heterocycles. The molecule has 2 aromatic rings. The van der Waals surface area contributed by atoms with E-state index in [2.05, 4.69) is 11.4 Å². The van der Waals surface area contributed by atoms with Gasteiger partial charge in [0.25, 0.3) is 5.91 Å². The highest BCUT2D eigenvalue weighted by molar-refractivity contribution is 6.30. The average molecular weight is 485 g/mol. The Morgan fingerprint density at radius 3 is 2.62 bits per heavy atom. The van der Waals surface area contributed by atoms with Crippen molar-refractivity contribution >= 4 is 23.4 Å². The molecule has 2 fully saturated rings. The number of ether oxygens (including phenoxy) is 3. The van der Waals surface area contributed by atoms with Crippen LogP contribution in [-0.2, 0) is 14.9 Å². The van der Waals surface area contributed by atoms with Gasteiger partial charge in [0.1, 0.15) is 0 Å². The van der Waals surface area contributed by atoms with Crippen LogP contribution in [0.4, 0.5) is 0 Å². The van der Waals surface area contributed by atoms with Crippen LogP contribution in [-0.4, -0.2) is 56.4 Å². The summed E-state index contributed by atoms with van der Waals surface area (Å²) in [7, 11) is 0. The highest BCUT2D eigenvalue weighted by Gasteiger charge is 2.37. The van der Waals surface area contributed by atoms with Crippen molar-refractivity contribution in [1.29, 1.82) is 0 Å². The average Bonchev–Trinajstić information content (AvgIpc) is 3.36. The molecule has 3 aliphatic heterocycles. The van der Waals surface area contributed by atoms with Crippen molar-refractivity contribution in [2.75, 3.05) is 39.6 Å².